The molecular formula is C22H25FN2O4. The van der Waals surface area contributed by atoms with E-state index >= 15 is 0 Å². The van der Waals surface area contributed by atoms with Crippen LogP contribution in [0.4, 0.5) is 10.1 Å². The number of rotatable bonds is 6. The number of likely N-dealkylation sites (N-methyl/N-ethyl adjacent to an activating group) is 1. The Morgan fingerprint density at radius 1 is 1.17 bits per heavy atom. The lowest BCUT2D eigenvalue weighted by atomic mass is 10.0. The first-order chi connectivity index (χ1) is 13.8. The van der Waals surface area contributed by atoms with Crippen LogP contribution in [-0.4, -0.2) is 44.0 Å². The predicted octanol–water partition coefficient (Wildman–Crippen LogP) is 3.24. The number of ether oxygens (including phenoxy) is 2. The fourth-order valence-electron chi connectivity index (χ4n) is 3.70. The minimum absolute atomic E-state index is 0.141. The zero-order valence-corrected chi connectivity index (χ0v) is 17.0. The molecule has 0 bridgehead atoms. The van der Waals surface area contributed by atoms with E-state index in [9.17, 15) is 14.0 Å². The Labute approximate surface area is 169 Å². The van der Waals surface area contributed by atoms with Gasteiger partial charge in [0.2, 0.25) is 11.8 Å². The molecule has 3 rings (SSSR count). The third-order valence-electron chi connectivity index (χ3n) is 5.22. The number of carbonyl (C=O) groups is 2. The van der Waals surface area contributed by atoms with Gasteiger partial charge in [0.25, 0.3) is 0 Å². The second-order valence-corrected chi connectivity index (χ2v) is 7.24. The molecule has 1 aliphatic rings. The topological polar surface area (TPSA) is 59.1 Å². The Bertz CT molecular complexity index is 900. The van der Waals surface area contributed by atoms with Crippen molar-refractivity contribution in [3.05, 3.63) is 53.8 Å². The molecule has 1 fully saturated rings. The van der Waals surface area contributed by atoms with E-state index in [0.29, 0.717) is 23.7 Å². The van der Waals surface area contributed by atoms with E-state index in [1.54, 1.807) is 32.2 Å². The standard InChI is InChI=1S/C22H25FN2O4/c1-14-11-20(26)25(17-8-6-16(23)7-9-17)21(14)22(27)24(2)13-15-5-10-18(28-3)12-19(15)29-4/h5-10,12,14,21H,11,13H2,1-4H3. The molecule has 0 N–H and O–H groups in total. The molecule has 2 atom stereocenters. The summed E-state index contributed by atoms with van der Waals surface area (Å²) in [4.78, 5) is 28.9. The summed E-state index contributed by atoms with van der Waals surface area (Å²) < 4.78 is 23.9. The number of anilines is 1. The molecule has 1 heterocycles. The summed E-state index contributed by atoms with van der Waals surface area (Å²) >= 11 is 0. The minimum atomic E-state index is -0.637. The third kappa shape index (κ3) is 4.18. The number of benzene rings is 2. The predicted molar refractivity (Wildman–Crippen MR) is 107 cm³/mol. The minimum Gasteiger partial charge on any atom is -0.497 e. The van der Waals surface area contributed by atoms with Gasteiger partial charge in [-0.3, -0.25) is 14.5 Å². The summed E-state index contributed by atoms with van der Waals surface area (Å²) in [5.74, 6) is 0.427. The molecule has 0 aliphatic carbocycles. The van der Waals surface area contributed by atoms with Crippen LogP contribution in [0.1, 0.15) is 18.9 Å². The highest BCUT2D eigenvalue weighted by molar-refractivity contribution is 6.04. The maximum absolute atomic E-state index is 13.3. The SMILES string of the molecule is COc1ccc(CN(C)C(=O)C2C(C)CC(=O)N2c2ccc(F)cc2)c(OC)c1. The summed E-state index contributed by atoms with van der Waals surface area (Å²) in [6, 6.07) is 10.4. The van der Waals surface area contributed by atoms with Crippen LogP contribution in [0.3, 0.4) is 0 Å². The third-order valence-corrected chi connectivity index (χ3v) is 5.22. The van der Waals surface area contributed by atoms with E-state index in [4.69, 9.17) is 9.47 Å². The van der Waals surface area contributed by atoms with Crippen molar-refractivity contribution in [2.75, 3.05) is 26.2 Å². The molecule has 29 heavy (non-hydrogen) atoms. The molecule has 2 aromatic rings. The molecule has 2 amide bonds. The molecule has 2 aromatic carbocycles. The average molecular weight is 400 g/mol. The summed E-state index contributed by atoms with van der Waals surface area (Å²) in [5.41, 5.74) is 1.35. The largest absolute Gasteiger partial charge is 0.497 e. The van der Waals surface area contributed by atoms with Crippen molar-refractivity contribution in [2.45, 2.75) is 25.9 Å². The molecule has 0 aromatic heterocycles. The molecule has 0 spiro atoms. The van der Waals surface area contributed by atoms with Crippen LogP contribution < -0.4 is 14.4 Å². The van der Waals surface area contributed by atoms with E-state index in [2.05, 4.69) is 0 Å². The molecule has 7 heteroatoms. The Morgan fingerprint density at radius 3 is 2.48 bits per heavy atom. The van der Waals surface area contributed by atoms with Crippen molar-refractivity contribution in [1.82, 2.24) is 4.90 Å². The highest BCUT2D eigenvalue weighted by atomic mass is 19.1. The number of methoxy groups -OCH3 is 2. The van der Waals surface area contributed by atoms with Gasteiger partial charge in [-0.05, 0) is 42.3 Å². The number of amides is 2. The van der Waals surface area contributed by atoms with E-state index in [0.717, 1.165) is 5.56 Å². The fraction of sp³-hybridized carbons (Fsp3) is 0.364. The van der Waals surface area contributed by atoms with Gasteiger partial charge in [-0.2, -0.15) is 0 Å². The van der Waals surface area contributed by atoms with Crippen LogP contribution in [-0.2, 0) is 16.1 Å². The Hall–Kier alpha value is -3.09. The number of hydrogen-bond acceptors (Lipinski definition) is 4. The molecule has 6 nitrogen and oxygen atoms in total. The monoisotopic (exact) mass is 400 g/mol. The van der Waals surface area contributed by atoms with Crippen LogP contribution in [0.15, 0.2) is 42.5 Å². The second-order valence-electron chi connectivity index (χ2n) is 7.24. The highest BCUT2D eigenvalue weighted by Gasteiger charge is 2.43. The van der Waals surface area contributed by atoms with Crippen molar-refractivity contribution in [3.8, 4) is 11.5 Å². The van der Waals surface area contributed by atoms with Gasteiger partial charge in [0, 0.05) is 37.3 Å². The van der Waals surface area contributed by atoms with Crippen LogP contribution >= 0.6 is 0 Å². The fourth-order valence-corrected chi connectivity index (χ4v) is 3.70. The molecule has 2 unspecified atom stereocenters. The summed E-state index contributed by atoms with van der Waals surface area (Å²) in [7, 11) is 4.84. The summed E-state index contributed by atoms with van der Waals surface area (Å²) in [5, 5.41) is 0. The number of halogens is 1. The van der Waals surface area contributed by atoms with Crippen molar-refractivity contribution in [2.24, 2.45) is 5.92 Å². The first kappa shape index (κ1) is 20.6. The molecular weight excluding hydrogens is 375 g/mol. The lowest BCUT2D eigenvalue weighted by Crippen LogP contribution is -2.47. The van der Waals surface area contributed by atoms with Crippen molar-refractivity contribution < 1.29 is 23.5 Å². The highest BCUT2D eigenvalue weighted by Crippen LogP contribution is 2.33. The van der Waals surface area contributed by atoms with Crippen LogP contribution in [0.2, 0.25) is 0 Å². The van der Waals surface area contributed by atoms with Crippen LogP contribution in [0.5, 0.6) is 11.5 Å². The Morgan fingerprint density at radius 2 is 1.86 bits per heavy atom. The smallest absolute Gasteiger partial charge is 0.246 e. The van der Waals surface area contributed by atoms with Gasteiger partial charge in [0.1, 0.15) is 23.4 Å². The van der Waals surface area contributed by atoms with Gasteiger partial charge in [-0.1, -0.05) is 6.92 Å². The molecule has 1 saturated heterocycles. The average Bonchev–Trinajstić information content (AvgIpc) is 3.01. The van der Waals surface area contributed by atoms with Gasteiger partial charge in [0.05, 0.1) is 14.2 Å². The van der Waals surface area contributed by atoms with E-state index in [1.807, 2.05) is 19.1 Å². The van der Waals surface area contributed by atoms with Gasteiger partial charge >= 0.3 is 0 Å². The molecule has 0 saturated carbocycles. The number of carbonyl (C=O) groups excluding carboxylic acids is 2. The second kappa shape index (κ2) is 8.51. The first-order valence-electron chi connectivity index (χ1n) is 9.39. The van der Waals surface area contributed by atoms with E-state index in [-0.39, 0.29) is 30.0 Å². The lowest BCUT2D eigenvalue weighted by Gasteiger charge is -2.30. The van der Waals surface area contributed by atoms with Crippen LogP contribution in [0, 0.1) is 11.7 Å². The number of nitrogens with zero attached hydrogens (tertiary/aromatic N) is 2. The van der Waals surface area contributed by atoms with Gasteiger partial charge in [0.15, 0.2) is 0 Å². The lowest BCUT2D eigenvalue weighted by molar-refractivity contribution is -0.133. The first-order valence-corrected chi connectivity index (χ1v) is 9.39. The summed E-state index contributed by atoms with van der Waals surface area (Å²) in [6.07, 6.45) is 0.271. The van der Waals surface area contributed by atoms with Crippen molar-refractivity contribution in [1.29, 1.82) is 0 Å². The summed E-state index contributed by atoms with van der Waals surface area (Å²) in [6.45, 7) is 2.20. The van der Waals surface area contributed by atoms with Gasteiger partial charge < -0.3 is 14.4 Å². The zero-order chi connectivity index (χ0) is 21.1. The zero-order valence-electron chi connectivity index (χ0n) is 17.0. The van der Waals surface area contributed by atoms with Crippen molar-refractivity contribution >= 4 is 17.5 Å². The van der Waals surface area contributed by atoms with Crippen LogP contribution in [0.25, 0.3) is 0 Å². The van der Waals surface area contributed by atoms with Crippen molar-refractivity contribution in [3.63, 3.8) is 0 Å². The molecule has 154 valence electrons. The Kier molecular flexibility index (Phi) is 6.06. The normalized spacial score (nSPS) is 18.7. The molecule has 1 aliphatic heterocycles. The molecule has 0 radical (unpaired) electrons. The Balaban J connectivity index is 1.83. The maximum atomic E-state index is 13.3. The van der Waals surface area contributed by atoms with E-state index < -0.39 is 6.04 Å². The van der Waals surface area contributed by atoms with E-state index in [1.165, 1.54) is 29.2 Å². The number of hydrogen-bond donors (Lipinski definition) is 0. The maximum Gasteiger partial charge on any atom is 0.246 e. The quantitative estimate of drug-likeness (QED) is 0.747. The van der Waals surface area contributed by atoms with Gasteiger partial charge in [-0.15, -0.1) is 0 Å². The van der Waals surface area contributed by atoms with Gasteiger partial charge in [-0.25, -0.2) is 4.39 Å².